The summed E-state index contributed by atoms with van der Waals surface area (Å²) in [5, 5.41) is 0. The highest BCUT2D eigenvalue weighted by Gasteiger charge is 2.38. The lowest BCUT2D eigenvalue weighted by molar-refractivity contribution is -0.114. The lowest BCUT2D eigenvalue weighted by Crippen LogP contribution is -2.16. The molecule has 3 aliphatic rings. The first-order chi connectivity index (χ1) is 9.84. The summed E-state index contributed by atoms with van der Waals surface area (Å²) in [6.45, 7) is 0. The van der Waals surface area contributed by atoms with Gasteiger partial charge in [-0.05, 0) is 35.9 Å². The molecule has 4 rings (SSSR count). The minimum atomic E-state index is -0.187. The van der Waals surface area contributed by atoms with Crippen molar-refractivity contribution in [2.24, 2.45) is 15.9 Å². The van der Waals surface area contributed by atoms with Gasteiger partial charge in [-0.25, -0.2) is 4.99 Å². The number of carbonyl (C=O) groups is 1. The van der Waals surface area contributed by atoms with Gasteiger partial charge in [0.1, 0.15) is 0 Å². The number of hydrogen-bond donors (Lipinski definition) is 1. The van der Waals surface area contributed by atoms with Crippen LogP contribution in [0.2, 0.25) is 0 Å². The molecule has 1 amide bonds. The molecule has 3 heterocycles. The van der Waals surface area contributed by atoms with Gasteiger partial charge in [-0.3, -0.25) is 9.79 Å². The highest BCUT2D eigenvalue weighted by Crippen LogP contribution is 2.39. The summed E-state index contributed by atoms with van der Waals surface area (Å²) in [6.07, 6.45) is 13.1. The van der Waals surface area contributed by atoms with E-state index in [9.17, 15) is 4.79 Å². The minimum Gasteiger partial charge on any atom is -0.361 e. The SMILES string of the molecule is O=C1N=C2C=CC=C(c3ccc[nH]3)C2C1=C1C=CC=N1. The van der Waals surface area contributed by atoms with Crippen LogP contribution >= 0.6 is 0 Å². The number of aromatic nitrogens is 1. The van der Waals surface area contributed by atoms with Crippen LogP contribution in [0.3, 0.4) is 0 Å². The number of hydrogen-bond acceptors (Lipinski definition) is 2. The molecule has 1 aliphatic carbocycles. The van der Waals surface area contributed by atoms with Gasteiger partial charge in [0.25, 0.3) is 5.91 Å². The highest BCUT2D eigenvalue weighted by atomic mass is 16.1. The Balaban J connectivity index is 1.90. The number of rotatable bonds is 1. The van der Waals surface area contributed by atoms with E-state index in [2.05, 4.69) is 15.0 Å². The Morgan fingerprint density at radius 3 is 2.90 bits per heavy atom. The number of aliphatic imine (C=N–C) groups is 2. The van der Waals surface area contributed by atoms with Crippen LogP contribution in [0.15, 0.2) is 70.0 Å². The quantitative estimate of drug-likeness (QED) is 0.776. The molecule has 2 aliphatic heterocycles. The molecular weight excluding hydrogens is 250 g/mol. The van der Waals surface area contributed by atoms with Crippen LogP contribution in [0.4, 0.5) is 0 Å². The molecule has 1 aromatic heterocycles. The van der Waals surface area contributed by atoms with E-state index in [1.165, 1.54) is 0 Å². The molecule has 96 valence electrons. The van der Waals surface area contributed by atoms with Gasteiger partial charge in [0, 0.05) is 18.1 Å². The number of aromatic amines is 1. The van der Waals surface area contributed by atoms with Gasteiger partial charge in [0.2, 0.25) is 0 Å². The zero-order valence-corrected chi connectivity index (χ0v) is 10.6. The zero-order valence-electron chi connectivity index (χ0n) is 10.6. The van der Waals surface area contributed by atoms with Crippen LogP contribution in [0.1, 0.15) is 5.69 Å². The molecule has 0 saturated heterocycles. The van der Waals surface area contributed by atoms with Gasteiger partial charge >= 0.3 is 0 Å². The molecule has 1 aromatic rings. The van der Waals surface area contributed by atoms with Gasteiger partial charge in [-0.1, -0.05) is 12.2 Å². The van der Waals surface area contributed by atoms with Gasteiger partial charge in [-0.15, -0.1) is 0 Å². The second-order valence-electron chi connectivity index (χ2n) is 4.78. The van der Waals surface area contributed by atoms with Crippen LogP contribution in [-0.4, -0.2) is 22.8 Å². The molecule has 0 spiro atoms. The first-order valence-electron chi connectivity index (χ1n) is 6.44. The molecular formula is C16H11N3O. The van der Waals surface area contributed by atoms with Crippen molar-refractivity contribution in [3.8, 4) is 0 Å². The fourth-order valence-corrected chi connectivity index (χ4v) is 2.78. The van der Waals surface area contributed by atoms with Crippen LogP contribution in [0.25, 0.3) is 5.57 Å². The van der Waals surface area contributed by atoms with E-state index in [1.54, 1.807) is 6.21 Å². The molecule has 1 unspecified atom stereocenters. The molecule has 1 atom stereocenters. The molecule has 4 heteroatoms. The Morgan fingerprint density at radius 2 is 2.15 bits per heavy atom. The second-order valence-corrected chi connectivity index (χ2v) is 4.78. The standard InChI is InChI=1S/C16H11N3O/c20-16-15(12-7-3-9-18-12)14-10(11-6-2-8-17-11)4-1-5-13(14)19-16/h1-9,14,17H. The number of amides is 1. The Hall–Kier alpha value is -2.75. The number of nitrogens with zero attached hydrogens (tertiary/aromatic N) is 2. The van der Waals surface area contributed by atoms with Crippen LogP contribution in [-0.2, 0) is 4.79 Å². The number of carbonyl (C=O) groups excluding carboxylic acids is 1. The summed E-state index contributed by atoms with van der Waals surface area (Å²) < 4.78 is 0. The van der Waals surface area contributed by atoms with E-state index in [0.717, 1.165) is 17.0 Å². The van der Waals surface area contributed by atoms with E-state index >= 15 is 0 Å². The van der Waals surface area contributed by atoms with Gasteiger partial charge in [0.15, 0.2) is 0 Å². The molecule has 4 nitrogen and oxygen atoms in total. The predicted octanol–water partition coefficient (Wildman–Crippen LogP) is 2.46. The summed E-state index contributed by atoms with van der Waals surface area (Å²) >= 11 is 0. The average Bonchev–Trinajstić information content (AvgIpc) is 3.18. The first kappa shape index (κ1) is 11.1. The Kier molecular flexibility index (Phi) is 2.29. The topological polar surface area (TPSA) is 57.6 Å². The molecule has 20 heavy (non-hydrogen) atoms. The predicted molar refractivity (Wildman–Crippen MR) is 78.5 cm³/mol. The maximum absolute atomic E-state index is 12.2. The maximum atomic E-state index is 12.2. The van der Waals surface area contributed by atoms with E-state index in [1.807, 2.05) is 48.7 Å². The fraction of sp³-hybridized carbons (Fsp3) is 0.0625. The third kappa shape index (κ3) is 1.51. The van der Waals surface area contributed by atoms with Gasteiger partial charge < -0.3 is 4.98 Å². The first-order valence-corrected chi connectivity index (χ1v) is 6.44. The third-order valence-electron chi connectivity index (χ3n) is 3.64. The average molecular weight is 261 g/mol. The van der Waals surface area contributed by atoms with Crippen molar-refractivity contribution < 1.29 is 4.79 Å². The van der Waals surface area contributed by atoms with Crippen molar-refractivity contribution in [3.63, 3.8) is 0 Å². The van der Waals surface area contributed by atoms with Crippen molar-refractivity contribution in [2.45, 2.75) is 0 Å². The Bertz CT molecular complexity index is 757. The van der Waals surface area contributed by atoms with E-state index in [4.69, 9.17) is 0 Å². The van der Waals surface area contributed by atoms with Crippen LogP contribution in [0.5, 0.6) is 0 Å². The van der Waals surface area contributed by atoms with E-state index in [-0.39, 0.29) is 11.8 Å². The molecule has 0 radical (unpaired) electrons. The smallest absolute Gasteiger partial charge is 0.276 e. The normalized spacial score (nSPS) is 27.0. The van der Waals surface area contributed by atoms with Crippen molar-refractivity contribution in [2.75, 3.05) is 0 Å². The number of allylic oxidation sites excluding steroid dienone is 6. The lowest BCUT2D eigenvalue weighted by Gasteiger charge is -2.19. The van der Waals surface area contributed by atoms with Crippen LogP contribution in [0, 0.1) is 5.92 Å². The summed E-state index contributed by atoms with van der Waals surface area (Å²) in [7, 11) is 0. The van der Waals surface area contributed by atoms with Gasteiger partial charge in [0.05, 0.1) is 22.9 Å². The van der Waals surface area contributed by atoms with Gasteiger partial charge in [-0.2, -0.15) is 0 Å². The van der Waals surface area contributed by atoms with Crippen LogP contribution < -0.4 is 0 Å². The monoisotopic (exact) mass is 261 g/mol. The zero-order chi connectivity index (χ0) is 13.5. The molecule has 0 aromatic carbocycles. The summed E-state index contributed by atoms with van der Waals surface area (Å²) in [6, 6.07) is 3.95. The molecule has 1 N–H and O–H groups in total. The van der Waals surface area contributed by atoms with Crippen molar-refractivity contribution in [1.29, 1.82) is 0 Å². The third-order valence-corrected chi connectivity index (χ3v) is 3.64. The molecule has 0 fully saturated rings. The van der Waals surface area contributed by atoms with E-state index in [0.29, 0.717) is 11.3 Å². The second kappa shape index (κ2) is 4.13. The Morgan fingerprint density at radius 1 is 1.20 bits per heavy atom. The maximum Gasteiger partial charge on any atom is 0.276 e. The fourth-order valence-electron chi connectivity index (χ4n) is 2.78. The largest absolute Gasteiger partial charge is 0.361 e. The molecule has 0 saturated carbocycles. The molecule has 0 bridgehead atoms. The van der Waals surface area contributed by atoms with Crippen molar-refractivity contribution in [1.82, 2.24) is 4.98 Å². The lowest BCUT2D eigenvalue weighted by atomic mass is 9.83. The summed E-state index contributed by atoms with van der Waals surface area (Å²) in [4.78, 5) is 23.8. The summed E-state index contributed by atoms with van der Waals surface area (Å²) in [5.41, 5.74) is 4.23. The summed E-state index contributed by atoms with van der Waals surface area (Å²) in [5.74, 6) is -0.311. The Labute approximate surface area is 115 Å². The highest BCUT2D eigenvalue weighted by molar-refractivity contribution is 6.24. The number of fused-ring (bicyclic) bond motifs is 1. The van der Waals surface area contributed by atoms with Crippen molar-refractivity contribution >= 4 is 23.4 Å². The van der Waals surface area contributed by atoms with Crippen molar-refractivity contribution in [3.05, 3.63) is 65.7 Å². The number of nitrogens with one attached hydrogen (secondary N) is 1. The van der Waals surface area contributed by atoms with E-state index < -0.39 is 0 Å². The minimum absolute atomic E-state index is 0.124. The number of H-pyrrole nitrogens is 1.